The van der Waals surface area contributed by atoms with Gasteiger partial charge in [-0.1, -0.05) is 6.07 Å². The number of H-pyrrole nitrogens is 1. The fourth-order valence-corrected chi connectivity index (χ4v) is 1.93. The SMILES string of the molecule is CN(C)c1n[nH]c(-c2cccc3c2OCCN3)n1. The maximum Gasteiger partial charge on any atom is 0.244 e. The van der Waals surface area contributed by atoms with Crippen molar-refractivity contribution < 1.29 is 4.74 Å². The van der Waals surface area contributed by atoms with Gasteiger partial charge < -0.3 is 15.0 Å². The van der Waals surface area contributed by atoms with Crippen LogP contribution < -0.4 is 15.0 Å². The van der Waals surface area contributed by atoms with Crippen molar-refractivity contribution in [2.45, 2.75) is 0 Å². The lowest BCUT2D eigenvalue weighted by atomic mass is 10.1. The highest BCUT2D eigenvalue weighted by atomic mass is 16.5. The smallest absolute Gasteiger partial charge is 0.244 e. The second kappa shape index (κ2) is 4.21. The third-order valence-electron chi connectivity index (χ3n) is 2.81. The van der Waals surface area contributed by atoms with Gasteiger partial charge in [0.25, 0.3) is 0 Å². The van der Waals surface area contributed by atoms with E-state index in [4.69, 9.17) is 4.74 Å². The quantitative estimate of drug-likeness (QED) is 0.836. The molecule has 3 rings (SSSR count). The molecule has 2 N–H and O–H groups in total. The number of nitrogens with one attached hydrogen (secondary N) is 2. The number of benzene rings is 1. The van der Waals surface area contributed by atoms with E-state index in [9.17, 15) is 0 Å². The summed E-state index contributed by atoms with van der Waals surface area (Å²) in [6, 6.07) is 5.96. The lowest BCUT2D eigenvalue weighted by molar-refractivity contribution is 0.324. The summed E-state index contributed by atoms with van der Waals surface area (Å²) in [6.07, 6.45) is 0. The zero-order chi connectivity index (χ0) is 12.5. The molecule has 2 heterocycles. The number of aromatic nitrogens is 3. The van der Waals surface area contributed by atoms with Crippen LogP contribution in [0.4, 0.5) is 11.6 Å². The van der Waals surface area contributed by atoms with Crippen LogP contribution in [0.3, 0.4) is 0 Å². The zero-order valence-corrected chi connectivity index (χ0v) is 10.4. The third kappa shape index (κ3) is 1.75. The molecule has 6 nitrogen and oxygen atoms in total. The molecule has 18 heavy (non-hydrogen) atoms. The Labute approximate surface area is 105 Å². The first-order valence-electron chi connectivity index (χ1n) is 5.85. The van der Waals surface area contributed by atoms with Crippen LogP contribution in [-0.2, 0) is 0 Å². The van der Waals surface area contributed by atoms with Gasteiger partial charge in [0, 0.05) is 20.6 Å². The number of aromatic amines is 1. The largest absolute Gasteiger partial charge is 0.489 e. The summed E-state index contributed by atoms with van der Waals surface area (Å²) in [6.45, 7) is 1.49. The van der Waals surface area contributed by atoms with Gasteiger partial charge in [0.05, 0.1) is 11.3 Å². The minimum atomic E-state index is 0.659. The van der Waals surface area contributed by atoms with Crippen LogP contribution >= 0.6 is 0 Å². The molecule has 0 bridgehead atoms. The predicted molar refractivity (Wildman–Crippen MR) is 70.1 cm³/mol. The Morgan fingerprint density at radius 3 is 3.00 bits per heavy atom. The number of ether oxygens (including phenoxy) is 1. The van der Waals surface area contributed by atoms with E-state index in [0.29, 0.717) is 12.6 Å². The molecule has 1 aliphatic heterocycles. The first-order chi connectivity index (χ1) is 8.75. The van der Waals surface area contributed by atoms with Gasteiger partial charge in [0.2, 0.25) is 5.95 Å². The molecule has 2 aromatic rings. The molecule has 6 heteroatoms. The van der Waals surface area contributed by atoms with Crippen molar-refractivity contribution in [1.82, 2.24) is 15.2 Å². The Morgan fingerprint density at radius 2 is 2.22 bits per heavy atom. The molecule has 0 spiro atoms. The second-order valence-electron chi connectivity index (χ2n) is 4.34. The molecular weight excluding hydrogens is 230 g/mol. The van der Waals surface area contributed by atoms with Crippen LogP contribution in [0, 0.1) is 0 Å². The molecule has 1 aromatic heterocycles. The van der Waals surface area contributed by atoms with E-state index < -0.39 is 0 Å². The molecule has 1 aromatic carbocycles. The van der Waals surface area contributed by atoms with Gasteiger partial charge in [-0.15, -0.1) is 5.10 Å². The Kier molecular flexibility index (Phi) is 2.55. The van der Waals surface area contributed by atoms with Gasteiger partial charge in [-0.25, -0.2) is 0 Å². The fourth-order valence-electron chi connectivity index (χ4n) is 1.93. The summed E-state index contributed by atoms with van der Waals surface area (Å²) >= 11 is 0. The lowest BCUT2D eigenvalue weighted by Gasteiger charge is -2.20. The van der Waals surface area contributed by atoms with Gasteiger partial charge in [0.15, 0.2) is 11.6 Å². The van der Waals surface area contributed by atoms with Crippen LogP contribution in [0.2, 0.25) is 0 Å². The monoisotopic (exact) mass is 245 g/mol. The Hall–Kier alpha value is -2.24. The molecule has 0 fully saturated rings. The number of anilines is 2. The number of rotatable bonds is 2. The van der Waals surface area contributed by atoms with Crippen LogP contribution in [0.5, 0.6) is 5.75 Å². The Morgan fingerprint density at radius 1 is 1.33 bits per heavy atom. The van der Waals surface area contributed by atoms with Gasteiger partial charge in [-0.2, -0.15) is 4.98 Å². The number of hydrogen-bond donors (Lipinski definition) is 2. The highest BCUT2D eigenvalue weighted by Gasteiger charge is 2.17. The first-order valence-corrected chi connectivity index (χ1v) is 5.85. The topological polar surface area (TPSA) is 66.1 Å². The zero-order valence-electron chi connectivity index (χ0n) is 10.4. The average Bonchev–Trinajstić information content (AvgIpc) is 2.87. The van der Waals surface area contributed by atoms with Crippen molar-refractivity contribution in [3.05, 3.63) is 18.2 Å². The van der Waals surface area contributed by atoms with Crippen molar-refractivity contribution >= 4 is 11.6 Å². The molecule has 0 unspecified atom stereocenters. The maximum atomic E-state index is 5.71. The van der Waals surface area contributed by atoms with Crippen molar-refractivity contribution in [2.24, 2.45) is 0 Å². The maximum absolute atomic E-state index is 5.71. The normalized spacial score (nSPS) is 13.4. The van der Waals surface area contributed by atoms with E-state index in [1.807, 2.05) is 37.2 Å². The summed E-state index contributed by atoms with van der Waals surface area (Å²) in [5.74, 6) is 2.22. The highest BCUT2D eigenvalue weighted by molar-refractivity contribution is 5.75. The average molecular weight is 245 g/mol. The van der Waals surface area contributed by atoms with Crippen molar-refractivity contribution in [3.8, 4) is 17.1 Å². The first kappa shape index (κ1) is 10.9. The summed E-state index contributed by atoms with van der Waals surface area (Å²) < 4.78 is 5.71. The van der Waals surface area contributed by atoms with E-state index in [1.54, 1.807) is 0 Å². The van der Waals surface area contributed by atoms with E-state index in [2.05, 4.69) is 20.5 Å². The van der Waals surface area contributed by atoms with Gasteiger partial charge in [-0.05, 0) is 12.1 Å². The summed E-state index contributed by atoms with van der Waals surface area (Å²) in [5.41, 5.74) is 1.93. The minimum absolute atomic E-state index is 0.659. The predicted octanol–water partition coefficient (Wildman–Crippen LogP) is 1.34. The lowest BCUT2D eigenvalue weighted by Crippen LogP contribution is -2.18. The molecule has 1 aliphatic rings. The molecule has 0 saturated carbocycles. The number of nitrogens with zero attached hydrogens (tertiary/aromatic N) is 3. The number of hydrogen-bond acceptors (Lipinski definition) is 5. The molecule has 0 aliphatic carbocycles. The van der Waals surface area contributed by atoms with Crippen LogP contribution in [0.15, 0.2) is 18.2 Å². The van der Waals surface area contributed by atoms with E-state index in [1.165, 1.54) is 0 Å². The number of para-hydroxylation sites is 1. The van der Waals surface area contributed by atoms with Crippen LogP contribution in [0.1, 0.15) is 0 Å². The molecule has 0 radical (unpaired) electrons. The fraction of sp³-hybridized carbons (Fsp3) is 0.333. The van der Waals surface area contributed by atoms with E-state index >= 15 is 0 Å². The van der Waals surface area contributed by atoms with Crippen LogP contribution in [0.25, 0.3) is 11.4 Å². The minimum Gasteiger partial charge on any atom is -0.489 e. The second-order valence-corrected chi connectivity index (χ2v) is 4.34. The summed E-state index contributed by atoms with van der Waals surface area (Å²) in [7, 11) is 3.82. The summed E-state index contributed by atoms with van der Waals surface area (Å²) in [4.78, 5) is 6.30. The Bertz CT molecular complexity index is 563. The highest BCUT2D eigenvalue weighted by Crippen LogP contribution is 2.36. The van der Waals surface area contributed by atoms with Crippen molar-refractivity contribution in [3.63, 3.8) is 0 Å². The number of fused-ring (bicyclic) bond motifs is 1. The molecule has 94 valence electrons. The molecule has 0 atom stereocenters. The van der Waals surface area contributed by atoms with Crippen LogP contribution in [-0.4, -0.2) is 42.4 Å². The standard InChI is InChI=1S/C12H15N5O/c1-17(2)12-14-11(15-16-12)8-4-3-5-9-10(8)18-7-6-13-9/h3-5,13H,6-7H2,1-2H3,(H,14,15,16). The van der Waals surface area contributed by atoms with Gasteiger partial charge in [-0.3, -0.25) is 5.10 Å². The molecule has 0 amide bonds. The Balaban J connectivity index is 2.05. The molecular formula is C12H15N5O. The van der Waals surface area contributed by atoms with Gasteiger partial charge in [0.1, 0.15) is 6.61 Å². The van der Waals surface area contributed by atoms with Crippen molar-refractivity contribution in [1.29, 1.82) is 0 Å². The molecule has 0 saturated heterocycles. The van der Waals surface area contributed by atoms with E-state index in [0.717, 1.165) is 29.4 Å². The summed E-state index contributed by atoms with van der Waals surface area (Å²) in [5, 5.41) is 10.4. The van der Waals surface area contributed by atoms with Crippen molar-refractivity contribution in [2.75, 3.05) is 37.5 Å². The van der Waals surface area contributed by atoms with E-state index in [-0.39, 0.29) is 0 Å². The van der Waals surface area contributed by atoms with Gasteiger partial charge >= 0.3 is 0 Å². The third-order valence-corrected chi connectivity index (χ3v) is 2.81.